The number of methoxy groups -OCH3 is 1. The molecule has 0 aliphatic rings. The van der Waals surface area contributed by atoms with Crippen molar-refractivity contribution in [2.75, 3.05) is 26.5 Å². The molecule has 0 aliphatic carbocycles. The summed E-state index contributed by atoms with van der Waals surface area (Å²) in [4.78, 5) is 1.38. The van der Waals surface area contributed by atoms with E-state index in [-0.39, 0.29) is 0 Å². The topological polar surface area (TPSA) is 21.3 Å². The van der Waals surface area contributed by atoms with Gasteiger partial charge in [-0.05, 0) is 32.0 Å². The second kappa shape index (κ2) is 7.71. The maximum absolute atomic E-state index is 5.05. The molecule has 1 aromatic rings. The summed E-state index contributed by atoms with van der Waals surface area (Å²) in [6.07, 6.45) is 1.10. The van der Waals surface area contributed by atoms with Crippen LogP contribution in [0.2, 0.25) is 0 Å². The lowest BCUT2D eigenvalue weighted by Crippen LogP contribution is -2.13. The molecule has 1 aromatic carbocycles. The van der Waals surface area contributed by atoms with Crippen molar-refractivity contribution in [1.82, 2.24) is 5.32 Å². The molecule has 2 nitrogen and oxygen atoms in total. The highest BCUT2D eigenvalue weighted by molar-refractivity contribution is 7.99. The van der Waals surface area contributed by atoms with Crippen molar-refractivity contribution in [3.8, 4) is 0 Å². The van der Waals surface area contributed by atoms with Gasteiger partial charge in [0.1, 0.15) is 0 Å². The number of benzene rings is 1. The van der Waals surface area contributed by atoms with Crippen LogP contribution in [0.5, 0.6) is 0 Å². The highest BCUT2D eigenvalue weighted by Crippen LogP contribution is 2.27. The van der Waals surface area contributed by atoms with Gasteiger partial charge in [-0.2, -0.15) is 0 Å². The average Bonchev–Trinajstić information content (AvgIpc) is 2.34. The van der Waals surface area contributed by atoms with Crippen LogP contribution in [0, 0.1) is 0 Å². The molecule has 0 fully saturated rings. The molecule has 0 amide bonds. The lowest BCUT2D eigenvalue weighted by molar-refractivity contribution is 0.200. The first-order valence-corrected chi connectivity index (χ1v) is 6.66. The smallest absolute Gasteiger partial charge is 0.0470 e. The van der Waals surface area contributed by atoms with Crippen LogP contribution in [0.25, 0.3) is 0 Å². The predicted octanol–water partition coefficient (Wildman–Crippen LogP) is 3.10. The first-order chi connectivity index (χ1) is 7.79. The quantitative estimate of drug-likeness (QED) is 0.583. The van der Waals surface area contributed by atoms with Gasteiger partial charge in [0.15, 0.2) is 0 Å². The fourth-order valence-electron chi connectivity index (χ4n) is 1.51. The number of thioether (sulfide) groups is 1. The third-order valence-corrected chi connectivity index (χ3v) is 3.74. The van der Waals surface area contributed by atoms with Gasteiger partial charge in [0.25, 0.3) is 0 Å². The van der Waals surface area contributed by atoms with Gasteiger partial charge in [0, 0.05) is 30.4 Å². The summed E-state index contributed by atoms with van der Waals surface area (Å²) >= 11 is 1.91. The van der Waals surface area contributed by atoms with E-state index < -0.39 is 0 Å². The fourth-order valence-corrected chi connectivity index (χ4v) is 2.58. The molecule has 0 radical (unpaired) electrons. The molecule has 0 heterocycles. The second-order valence-corrected chi connectivity index (χ2v) is 4.88. The summed E-state index contributed by atoms with van der Waals surface area (Å²) in [7, 11) is 3.75. The Morgan fingerprint density at radius 1 is 1.38 bits per heavy atom. The third-order valence-electron chi connectivity index (χ3n) is 2.57. The molecule has 0 aromatic heterocycles. The molecule has 0 spiro atoms. The van der Waals surface area contributed by atoms with Gasteiger partial charge in [-0.3, -0.25) is 0 Å². The van der Waals surface area contributed by atoms with E-state index >= 15 is 0 Å². The van der Waals surface area contributed by atoms with Gasteiger partial charge in [0.05, 0.1) is 0 Å². The highest BCUT2D eigenvalue weighted by atomic mass is 32.2. The SMILES string of the molecule is CNC(C)c1ccccc1SCCCOC. The molecule has 0 aliphatic heterocycles. The number of ether oxygens (including phenoxy) is 1. The van der Waals surface area contributed by atoms with Crippen molar-refractivity contribution in [1.29, 1.82) is 0 Å². The van der Waals surface area contributed by atoms with Gasteiger partial charge >= 0.3 is 0 Å². The summed E-state index contributed by atoms with van der Waals surface area (Å²) in [5.74, 6) is 1.11. The minimum absolute atomic E-state index is 0.408. The molecule has 0 saturated carbocycles. The van der Waals surface area contributed by atoms with Crippen molar-refractivity contribution >= 4 is 11.8 Å². The molecule has 3 heteroatoms. The molecule has 0 bridgehead atoms. The molecule has 1 unspecified atom stereocenters. The zero-order chi connectivity index (χ0) is 11.8. The summed E-state index contributed by atoms with van der Waals surface area (Å²) in [5.41, 5.74) is 1.38. The van der Waals surface area contributed by atoms with E-state index in [1.165, 1.54) is 10.5 Å². The number of nitrogens with one attached hydrogen (secondary N) is 1. The van der Waals surface area contributed by atoms with Crippen LogP contribution in [-0.4, -0.2) is 26.5 Å². The van der Waals surface area contributed by atoms with E-state index in [9.17, 15) is 0 Å². The van der Waals surface area contributed by atoms with Gasteiger partial charge in [-0.1, -0.05) is 18.2 Å². The van der Waals surface area contributed by atoms with Crippen LogP contribution in [0.1, 0.15) is 24.9 Å². The predicted molar refractivity (Wildman–Crippen MR) is 71.1 cm³/mol. The first-order valence-electron chi connectivity index (χ1n) is 5.67. The summed E-state index contributed by atoms with van der Waals surface area (Å²) in [5, 5.41) is 3.29. The Labute approximate surface area is 103 Å². The molecular formula is C13H21NOS. The monoisotopic (exact) mass is 239 g/mol. The van der Waals surface area contributed by atoms with E-state index in [4.69, 9.17) is 4.74 Å². The lowest BCUT2D eigenvalue weighted by atomic mass is 10.1. The second-order valence-electron chi connectivity index (χ2n) is 3.74. The largest absolute Gasteiger partial charge is 0.385 e. The lowest BCUT2D eigenvalue weighted by Gasteiger charge is -2.15. The molecule has 0 saturated heterocycles. The normalized spacial score (nSPS) is 12.7. The standard InChI is InChI=1S/C13H21NOS/c1-11(14-2)12-7-4-5-8-13(12)16-10-6-9-15-3/h4-5,7-8,11,14H,6,9-10H2,1-3H3. The van der Waals surface area contributed by atoms with E-state index in [0.717, 1.165) is 18.8 Å². The van der Waals surface area contributed by atoms with Crippen LogP contribution < -0.4 is 5.32 Å². The molecule has 1 N–H and O–H groups in total. The molecule has 1 atom stereocenters. The summed E-state index contributed by atoms with van der Waals surface area (Å²) < 4.78 is 5.05. The van der Waals surface area contributed by atoms with E-state index in [1.54, 1.807) is 7.11 Å². The Bertz CT molecular complexity index is 304. The molecular weight excluding hydrogens is 218 g/mol. The Morgan fingerprint density at radius 2 is 2.12 bits per heavy atom. The van der Waals surface area contributed by atoms with Crippen molar-refractivity contribution in [2.24, 2.45) is 0 Å². The molecule has 16 heavy (non-hydrogen) atoms. The molecule has 90 valence electrons. The van der Waals surface area contributed by atoms with Gasteiger partial charge in [-0.25, -0.2) is 0 Å². The Hall–Kier alpha value is -0.510. The van der Waals surface area contributed by atoms with E-state index in [0.29, 0.717) is 6.04 Å². The minimum Gasteiger partial charge on any atom is -0.385 e. The van der Waals surface area contributed by atoms with Crippen molar-refractivity contribution in [3.63, 3.8) is 0 Å². The Kier molecular flexibility index (Phi) is 6.53. The summed E-state index contributed by atoms with van der Waals surface area (Å²) in [6, 6.07) is 9.00. The van der Waals surface area contributed by atoms with Crippen LogP contribution in [-0.2, 0) is 4.74 Å². The zero-order valence-corrected chi connectivity index (χ0v) is 11.1. The van der Waals surface area contributed by atoms with Gasteiger partial charge < -0.3 is 10.1 Å². The van der Waals surface area contributed by atoms with Crippen LogP contribution in [0.15, 0.2) is 29.2 Å². The zero-order valence-electron chi connectivity index (χ0n) is 10.3. The fraction of sp³-hybridized carbons (Fsp3) is 0.538. The maximum Gasteiger partial charge on any atom is 0.0470 e. The minimum atomic E-state index is 0.408. The highest BCUT2D eigenvalue weighted by Gasteiger charge is 2.07. The average molecular weight is 239 g/mol. The number of hydrogen-bond donors (Lipinski definition) is 1. The van der Waals surface area contributed by atoms with Crippen LogP contribution in [0.3, 0.4) is 0 Å². The number of rotatable bonds is 7. The Morgan fingerprint density at radius 3 is 2.81 bits per heavy atom. The maximum atomic E-state index is 5.05. The van der Waals surface area contributed by atoms with Gasteiger partial charge in [-0.15, -0.1) is 11.8 Å². The van der Waals surface area contributed by atoms with E-state index in [1.807, 2.05) is 18.8 Å². The Balaban J connectivity index is 2.57. The van der Waals surface area contributed by atoms with Gasteiger partial charge in [0.2, 0.25) is 0 Å². The molecule has 1 rings (SSSR count). The summed E-state index contributed by atoms with van der Waals surface area (Å²) in [6.45, 7) is 3.03. The van der Waals surface area contributed by atoms with Crippen LogP contribution in [0.4, 0.5) is 0 Å². The number of hydrogen-bond acceptors (Lipinski definition) is 3. The third kappa shape index (κ3) is 4.16. The van der Waals surface area contributed by atoms with Crippen molar-refractivity contribution in [3.05, 3.63) is 29.8 Å². The van der Waals surface area contributed by atoms with Crippen molar-refractivity contribution in [2.45, 2.75) is 24.3 Å². The van der Waals surface area contributed by atoms with Crippen molar-refractivity contribution < 1.29 is 4.74 Å². The first kappa shape index (κ1) is 13.6. The van der Waals surface area contributed by atoms with Crippen LogP contribution >= 0.6 is 11.8 Å². The van der Waals surface area contributed by atoms with E-state index in [2.05, 4.69) is 36.5 Å².